The second kappa shape index (κ2) is 26.4. The van der Waals surface area contributed by atoms with Gasteiger partial charge in [-0.15, -0.1) is 0 Å². The zero-order chi connectivity index (χ0) is 30.7. The minimum absolute atomic E-state index is 0.0219. The zero-order valence-corrected chi connectivity index (χ0v) is 25.4. The Balaban J connectivity index is 3.73. The lowest BCUT2D eigenvalue weighted by Crippen LogP contribution is -2.34. The van der Waals surface area contributed by atoms with E-state index >= 15 is 0 Å². The maximum atomic E-state index is 12.4. The molecule has 0 heterocycles. The first kappa shape index (κ1) is 38.5. The largest absolute Gasteiger partial charge is 0.481 e. The zero-order valence-electron chi connectivity index (χ0n) is 25.4. The summed E-state index contributed by atoms with van der Waals surface area (Å²) in [5.41, 5.74) is 5.48. The molecule has 6 N–H and O–H groups in total. The summed E-state index contributed by atoms with van der Waals surface area (Å²) in [6.07, 6.45) is 18.7. The van der Waals surface area contributed by atoms with Crippen molar-refractivity contribution in [2.45, 2.75) is 147 Å². The van der Waals surface area contributed by atoms with Crippen LogP contribution in [0.15, 0.2) is 0 Å². The lowest BCUT2D eigenvalue weighted by Gasteiger charge is -2.13. The van der Waals surface area contributed by atoms with Crippen LogP contribution in [-0.4, -0.2) is 59.4 Å². The molecule has 10 nitrogen and oxygen atoms in total. The van der Waals surface area contributed by atoms with Gasteiger partial charge in [-0.3, -0.25) is 24.0 Å². The van der Waals surface area contributed by atoms with Crippen LogP contribution in [0, 0.1) is 5.92 Å². The number of carboxylic acids is 2. The summed E-state index contributed by atoms with van der Waals surface area (Å²) in [4.78, 5) is 57.7. The molecule has 41 heavy (non-hydrogen) atoms. The average Bonchev–Trinajstić information content (AvgIpc) is 2.92. The number of rotatable bonds is 30. The van der Waals surface area contributed by atoms with Crippen molar-refractivity contribution in [3.8, 4) is 0 Å². The van der Waals surface area contributed by atoms with Crippen molar-refractivity contribution in [1.82, 2.24) is 10.6 Å². The van der Waals surface area contributed by atoms with Crippen LogP contribution >= 0.6 is 0 Å². The first-order chi connectivity index (χ1) is 19.7. The lowest BCUT2D eigenvalue weighted by atomic mass is 9.94. The van der Waals surface area contributed by atoms with Crippen LogP contribution in [0.25, 0.3) is 0 Å². The lowest BCUT2D eigenvalue weighted by molar-refractivity contribution is -0.139. The van der Waals surface area contributed by atoms with Gasteiger partial charge in [-0.25, -0.2) is 0 Å². The van der Waals surface area contributed by atoms with E-state index in [1.165, 1.54) is 51.4 Å². The number of amides is 2. The number of aliphatic carboxylic acids is 2. The first-order valence-corrected chi connectivity index (χ1v) is 15.9. The predicted octanol–water partition coefficient (Wildman–Crippen LogP) is 5.11. The number of likely N-dealkylation sites (N-methyl/N-ethyl adjacent to an activating group) is 1. The molecule has 0 saturated heterocycles. The van der Waals surface area contributed by atoms with E-state index in [1.807, 2.05) is 0 Å². The van der Waals surface area contributed by atoms with Gasteiger partial charge in [0.1, 0.15) is 11.8 Å². The molecule has 0 aromatic carbocycles. The number of nitrogens with two attached hydrogens (primary N) is 1. The summed E-state index contributed by atoms with van der Waals surface area (Å²) in [5.74, 6) is -2.94. The summed E-state index contributed by atoms with van der Waals surface area (Å²) in [6, 6.07) is -0.591. The van der Waals surface area contributed by atoms with E-state index in [0.717, 1.165) is 38.5 Å². The summed E-state index contributed by atoms with van der Waals surface area (Å²) in [5, 5.41) is 23.1. The van der Waals surface area contributed by atoms with Crippen LogP contribution < -0.4 is 16.4 Å². The molecule has 0 bridgehead atoms. The molecule has 0 rings (SSSR count). The maximum Gasteiger partial charge on any atom is 0.320 e. The molecule has 0 fully saturated rings. The van der Waals surface area contributed by atoms with Gasteiger partial charge in [0, 0.05) is 38.1 Å². The molecule has 0 aromatic rings. The minimum atomic E-state index is -0.891. The Morgan fingerprint density at radius 1 is 0.634 bits per heavy atom. The topological polar surface area (TPSA) is 176 Å². The van der Waals surface area contributed by atoms with Crippen LogP contribution in [0.1, 0.15) is 141 Å². The normalized spacial score (nSPS) is 12.5. The van der Waals surface area contributed by atoms with Crippen LogP contribution in [0.3, 0.4) is 0 Å². The molecule has 2 amide bonds. The standard InChI is InChI=1S/C31H57N3O7/c1-33-27(31(40)41)19-16-17-23-34-28(36)22-21-25(30(32)39)24-26(35)18-14-12-10-8-6-4-2-3-5-7-9-11-13-15-20-29(37)38/h25,27,33H,2-24H2,1H3,(H2,32,39)(H,34,36)(H,37,38)(H,40,41)/t25-,27+/m1/s1. The summed E-state index contributed by atoms with van der Waals surface area (Å²) in [7, 11) is 1.60. The summed E-state index contributed by atoms with van der Waals surface area (Å²) in [6.45, 7) is 0.438. The molecule has 2 atom stereocenters. The number of carboxylic acid groups (broad SMARTS) is 2. The predicted molar refractivity (Wildman–Crippen MR) is 160 cm³/mol. The number of Topliss-reactive ketones (excluding diaryl/α,β-unsaturated/α-hetero) is 1. The van der Waals surface area contributed by atoms with Gasteiger partial charge in [-0.1, -0.05) is 77.0 Å². The van der Waals surface area contributed by atoms with E-state index < -0.39 is 29.8 Å². The monoisotopic (exact) mass is 583 g/mol. The Kier molecular flexibility index (Phi) is 24.8. The Hall–Kier alpha value is -2.49. The van der Waals surface area contributed by atoms with Crippen LogP contribution in [0.5, 0.6) is 0 Å². The third kappa shape index (κ3) is 25.0. The Labute approximate surface area is 247 Å². The first-order valence-electron chi connectivity index (χ1n) is 15.9. The molecule has 238 valence electrons. The Morgan fingerprint density at radius 3 is 1.56 bits per heavy atom. The van der Waals surface area contributed by atoms with Gasteiger partial charge < -0.3 is 26.6 Å². The van der Waals surface area contributed by atoms with Crippen molar-refractivity contribution in [3.63, 3.8) is 0 Å². The Morgan fingerprint density at radius 2 is 1.12 bits per heavy atom. The van der Waals surface area contributed by atoms with E-state index in [9.17, 15) is 24.0 Å². The van der Waals surface area contributed by atoms with Gasteiger partial charge in [-0.05, 0) is 45.6 Å². The van der Waals surface area contributed by atoms with E-state index in [4.69, 9.17) is 15.9 Å². The molecule has 0 unspecified atom stereocenters. The third-order valence-corrected chi connectivity index (χ3v) is 7.58. The van der Waals surface area contributed by atoms with Crippen molar-refractivity contribution in [1.29, 1.82) is 0 Å². The smallest absolute Gasteiger partial charge is 0.320 e. The number of unbranched alkanes of at least 4 members (excludes halogenated alkanes) is 14. The van der Waals surface area contributed by atoms with Gasteiger partial charge in [0.2, 0.25) is 11.8 Å². The van der Waals surface area contributed by atoms with Crippen molar-refractivity contribution >= 4 is 29.5 Å². The second-order valence-corrected chi connectivity index (χ2v) is 11.2. The molecule has 10 heteroatoms. The summed E-state index contributed by atoms with van der Waals surface area (Å²) < 4.78 is 0. The van der Waals surface area contributed by atoms with Crippen LogP contribution in [0.2, 0.25) is 0 Å². The molecule has 0 aliphatic rings. The highest BCUT2D eigenvalue weighted by Gasteiger charge is 2.20. The number of nitrogens with one attached hydrogen (secondary N) is 2. The van der Waals surface area contributed by atoms with Gasteiger partial charge in [0.15, 0.2) is 0 Å². The van der Waals surface area contributed by atoms with Crippen LogP contribution in [0.4, 0.5) is 0 Å². The number of carbonyl (C=O) groups is 5. The fourth-order valence-corrected chi connectivity index (χ4v) is 4.93. The van der Waals surface area contributed by atoms with E-state index in [0.29, 0.717) is 32.2 Å². The molecular weight excluding hydrogens is 526 g/mol. The molecule has 0 saturated carbocycles. The van der Waals surface area contributed by atoms with Crippen LogP contribution in [-0.2, 0) is 24.0 Å². The fourth-order valence-electron chi connectivity index (χ4n) is 4.93. The van der Waals surface area contributed by atoms with Gasteiger partial charge in [-0.2, -0.15) is 0 Å². The highest BCUT2D eigenvalue weighted by atomic mass is 16.4. The van der Waals surface area contributed by atoms with Gasteiger partial charge in [0.25, 0.3) is 0 Å². The summed E-state index contributed by atoms with van der Waals surface area (Å²) >= 11 is 0. The third-order valence-electron chi connectivity index (χ3n) is 7.58. The van der Waals surface area contributed by atoms with Gasteiger partial charge >= 0.3 is 11.9 Å². The van der Waals surface area contributed by atoms with Gasteiger partial charge in [0.05, 0.1) is 0 Å². The number of primary amides is 1. The Bertz CT molecular complexity index is 745. The SMILES string of the molecule is CN[C@@H](CCCCNC(=O)CC[C@H](CC(=O)CCCCCCCCCCCCCCCCC(=O)O)C(N)=O)C(=O)O. The van der Waals surface area contributed by atoms with Crippen molar-refractivity contribution in [2.24, 2.45) is 11.7 Å². The fraction of sp³-hybridized carbons (Fsp3) is 0.839. The number of hydrogen-bond donors (Lipinski definition) is 5. The van der Waals surface area contributed by atoms with Crippen molar-refractivity contribution in [2.75, 3.05) is 13.6 Å². The highest BCUT2D eigenvalue weighted by Crippen LogP contribution is 2.16. The highest BCUT2D eigenvalue weighted by molar-refractivity contribution is 5.86. The number of ketones is 1. The molecule has 0 radical (unpaired) electrons. The minimum Gasteiger partial charge on any atom is -0.481 e. The average molecular weight is 584 g/mol. The molecule has 0 aliphatic heterocycles. The van der Waals surface area contributed by atoms with E-state index in [1.54, 1.807) is 7.05 Å². The molecule has 0 spiro atoms. The molecular formula is C31H57N3O7. The van der Waals surface area contributed by atoms with E-state index in [-0.39, 0.29) is 37.4 Å². The molecule has 0 aromatic heterocycles. The van der Waals surface area contributed by atoms with E-state index in [2.05, 4.69) is 10.6 Å². The van der Waals surface area contributed by atoms with Crippen molar-refractivity contribution < 1.29 is 34.2 Å². The quantitative estimate of drug-likeness (QED) is 0.0724. The second-order valence-electron chi connectivity index (χ2n) is 11.2. The maximum absolute atomic E-state index is 12.4. The van der Waals surface area contributed by atoms with Crippen molar-refractivity contribution in [3.05, 3.63) is 0 Å². The molecule has 0 aliphatic carbocycles. The number of carbonyl (C=O) groups excluding carboxylic acids is 3. The number of hydrogen-bond acceptors (Lipinski definition) is 6.